The van der Waals surface area contributed by atoms with Crippen LogP contribution in [-0.2, 0) is 13.6 Å². The molecule has 5 nitrogen and oxygen atoms in total. The average Bonchev–Trinajstić information content (AvgIpc) is 2.69. The van der Waals surface area contributed by atoms with Crippen LogP contribution < -0.4 is 10.6 Å². The number of aryl methyl sites for hydroxylation is 2. The normalized spacial score (nSPS) is 11.8. The lowest BCUT2D eigenvalue weighted by atomic mass is 10.2. The zero-order valence-electron chi connectivity index (χ0n) is 14.3. The van der Waals surface area contributed by atoms with Crippen LogP contribution >= 0.6 is 0 Å². The largest absolute Gasteiger partial charge is 0.357 e. The van der Waals surface area contributed by atoms with Gasteiger partial charge >= 0.3 is 0 Å². The zero-order valence-corrected chi connectivity index (χ0v) is 14.3. The Morgan fingerprint density at radius 2 is 1.90 bits per heavy atom. The van der Waals surface area contributed by atoms with E-state index in [4.69, 9.17) is 0 Å². The zero-order chi connectivity index (χ0) is 15.7. The fraction of sp³-hybridized carbons (Fsp3) is 0.750. The van der Waals surface area contributed by atoms with Crippen molar-refractivity contribution in [3.63, 3.8) is 0 Å². The molecule has 0 aliphatic heterocycles. The molecule has 0 saturated carbocycles. The monoisotopic (exact) mass is 293 g/mol. The van der Waals surface area contributed by atoms with Crippen LogP contribution in [0.25, 0.3) is 0 Å². The lowest BCUT2D eigenvalue weighted by molar-refractivity contribution is 0.647. The van der Waals surface area contributed by atoms with Gasteiger partial charge in [-0.3, -0.25) is 4.68 Å². The summed E-state index contributed by atoms with van der Waals surface area (Å²) in [5.74, 6) is 0.900. The van der Waals surface area contributed by atoms with Gasteiger partial charge in [-0.2, -0.15) is 5.10 Å². The molecule has 1 aromatic heterocycles. The smallest absolute Gasteiger partial charge is 0.191 e. The molecule has 120 valence electrons. The Labute approximate surface area is 129 Å². The van der Waals surface area contributed by atoms with E-state index in [1.807, 2.05) is 18.7 Å². The van der Waals surface area contributed by atoms with Crippen molar-refractivity contribution in [2.24, 2.45) is 12.0 Å². The third kappa shape index (κ3) is 5.78. The van der Waals surface area contributed by atoms with E-state index in [-0.39, 0.29) is 0 Å². The summed E-state index contributed by atoms with van der Waals surface area (Å²) in [7, 11) is 1.98. The summed E-state index contributed by atoms with van der Waals surface area (Å²) < 4.78 is 1.92. The number of rotatable bonds is 8. The molecule has 0 aliphatic rings. The van der Waals surface area contributed by atoms with Crippen LogP contribution in [0.2, 0.25) is 0 Å². The van der Waals surface area contributed by atoms with Crippen molar-refractivity contribution in [3.05, 3.63) is 17.0 Å². The van der Waals surface area contributed by atoms with Crippen LogP contribution in [0.3, 0.4) is 0 Å². The number of aromatic nitrogens is 2. The Kier molecular flexibility index (Phi) is 7.87. The van der Waals surface area contributed by atoms with Gasteiger partial charge in [0.05, 0.1) is 12.2 Å². The number of unbranched alkanes of at least 4 members (excludes halogenated alkanes) is 3. The highest BCUT2D eigenvalue weighted by atomic mass is 15.3. The molecular weight excluding hydrogens is 262 g/mol. The minimum Gasteiger partial charge on any atom is -0.357 e. The summed E-state index contributed by atoms with van der Waals surface area (Å²) in [5.41, 5.74) is 3.48. The van der Waals surface area contributed by atoms with Crippen LogP contribution in [-0.4, -0.2) is 28.8 Å². The Morgan fingerprint density at radius 1 is 1.14 bits per heavy atom. The van der Waals surface area contributed by atoms with Crippen molar-refractivity contribution < 1.29 is 0 Å². The van der Waals surface area contributed by atoms with Gasteiger partial charge in [0.1, 0.15) is 0 Å². The first-order chi connectivity index (χ1) is 10.1. The lowest BCUT2D eigenvalue weighted by Crippen LogP contribution is -2.37. The number of hydrogen-bond donors (Lipinski definition) is 2. The second-order valence-electron chi connectivity index (χ2n) is 5.46. The van der Waals surface area contributed by atoms with Gasteiger partial charge in [-0.05, 0) is 27.2 Å². The van der Waals surface area contributed by atoms with E-state index in [0.717, 1.165) is 24.7 Å². The van der Waals surface area contributed by atoms with Gasteiger partial charge in [-0.25, -0.2) is 4.99 Å². The molecule has 0 saturated heterocycles. The molecule has 2 N–H and O–H groups in total. The summed E-state index contributed by atoms with van der Waals surface area (Å²) in [4.78, 5) is 4.68. The Hall–Kier alpha value is -1.52. The third-order valence-electron chi connectivity index (χ3n) is 3.72. The standard InChI is InChI=1S/C16H31N5/c1-6-8-9-10-11-18-16(17-7-2)19-12-15-13(3)20-21(5)14(15)4/h6-12H2,1-5H3,(H2,17,18,19). The van der Waals surface area contributed by atoms with Crippen LogP contribution in [0.5, 0.6) is 0 Å². The van der Waals surface area contributed by atoms with Crippen molar-refractivity contribution in [1.29, 1.82) is 0 Å². The summed E-state index contributed by atoms with van der Waals surface area (Å²) in [5, 5.41) is 11.1. The molecule has 0 aromatic carbocycles. The van der Waals surface area contributed by atoms with Gasteiger partial charge in [-0.1, -0.05) is 26.2 Å². The Bertz CT molecular complexity index is 448. The van der Waals surface area contributed by atoms with Crippen LogP contribution in [0.15, 0.2) is 4.99 Å². The molecule has 0 spiro atoms. The minimum atomic E-state index is 0.676. The highest BCUT2D eigenvalue weighted by Gasteiger charge is 2.08. The topological polar surface area (TPSA) is 54.2 Å². The fourth-order valence-electron chi connectivity index (χ4n) is 2.30. The maximum atomic E-state index is 4.68. The molecule has 1 heterocycles. The molecule has 0 aliphatic carbocycles. The Morgan fingerprint density at radius 3 is 2.48 bits per heavy atom. The molecule has 1 rings (SSSR count). The van der Waals surface area contributed by atoms with E-state index in [1.54, 1.807) is 0 Å². The second kappa shape index (κ2) is 9.42. The lowest BCUT2D eigenvalue weighted by Gasteiger charge is -2.11. The van der Waals surface area contributed by atoms with E-state index in [1.165, 1.54) is 36.9 Å². The SMILES string of the molecule is CCCCCCNC(=NCc1c(C)nn(C)c1C)NCC. The number of guanidine groups is 1. The van der Waals surface area contributed by atoms with E-state index in [0.29, 0.717) is 6.54 Å². The van der Waals surface area contributed by atoms with E-state index in [9.17, 15) is 0 Å². The quantitative estimate of drug-likeness (QED) is 0.440. The first kappa shape index (κ1) is 17.5. The van der Waals surface area contributed by atoms with Gasteiger partial charge in [0.15, 0.2) is 5.96 Å². The first-order valence-electron chi connectivity index (χ1n) is 8.11. The van der Waals surface area contributed by atoms with Gasteiger partial charge in [0.25, 0.3) is 0 Å². The van der Waals surface area contributed by atoms with E-state index < -0.39 is 0 Å². The van der Waals surface area contributed by atoms with Gasteiger partial charge in [0.2, 0.25) is 0 Å². The van der Waals surface area contributed by atoms with E-state index in [2.05, 4.69) is 41.5 Å². The number of hydrogen-bond acceptors (Lipinski definition) is 2. The Balaban J connectivity index is 2.54. The maximum absolute atomic E-state index is 4.68. The van der Waals surface area contributed by atoms with E-state index >= 15 is 0 Å². The molecule has 1 aromatic rings. The molecule has 21 heavy (non-hydrogen) atoms. The fourth-order valence-corrected chi connectivity index (χ4v) is 2.30. The molecule has 5 heteroatoms. The molecule has 0 bridgehead atoms. The third-order valence-corrected chi connectivity index (χ3v) is 3.72. The van der Waals surface area contributed by atoms with Gasteiger partial charge < -0.3 is 10.6 Å². The summed E-state index contributed by atoms with van der Waals surface area (Å²) in [6.07, 6.45) is 5.06. The highest BCUT2D eigenvalue weighted by Crippen LogP contribution is 2.12. The number of nitrogens with one attached hydrogen (secondary N) is 2. The van der Waals surface area contributed by atoms with Crippen molar-refractivity contribution in [1.82, 2.24) is 20.4 Å². The summed E-state index contributed by atoms with van der Waals surface area (Å²) in [6, 6.07) is 0. The molecule has 0 unspecified atom stereocenters. The predicted molar refractivity (Wildman–Crippen MR) is 89.6 cm³/mol. The summed E-state index contributed by atoms with van der Waals surface area (Å²) >= 11 is 0. The van der Waals surface area contributed by atoms with Crippen molar-refractivity contribution in [2.45, 2.75) is 59.9 Å². The van der Waals surface area contributed by atoms with Crippen LogP contribution in [0, 0.1) is 13.8 Å². The van der Waals surface area contributed by atoms with Crippen molar-refractivity contribution >= 4 is 5.96 Å². The predicted octanol–water partition coefficient (Wildman–Crippen LogP) is 2.67. The number of nitrogens with zero attached hydrogens (tertiary/aromatic N) is 3. The molecule has 0 radical (unpaired) electrons. The molecule has 0 atom stereocenters. The highest BCUT2D eigenvalue weighted by molar-refractivity contribution is 5.79. The summed E-state index contributed by atoms with van der Waals surface area (Å²) in [6.45, 7) is 11.0. The van der Waals surface area contributed by atoms with Crippen molar-refractivity contribution in [3.8, 4) is 0 Å². The molecule has 0 fully saturated rings. The first-order valence-corrected chi connectivity index (χ1v) is 8.11. The van der Waals surface area contributed by atoms with Crippen LogP contribution in [0.4, 0.5) is 0 Å². The van der Waals surface area contributed by atoms with Gasteiger partial charge in [0, 0.05) is 31.4 Å². The van der Waals surface area contributed by atoms with Crippen molar-refractivity contribution in [2.75, 3.05) is 13.1 Å². The second-order valence-corrected chi connectivity index (χ2v) is 5.46. The average molecular weight is 293 g/mol. The number of aliphatic imine (C=N–C) groups is 1. The molecule has 0 amide bonds. The molecular formula is C16H31N5. The maximum Gasteiger partial charge on any atom is 0.191 e. The van der Waals surface area contributed by atoms with Crippen LogP contribution in [0.1, 0.15) is 56.5 Å². The minimum absolute atomic E-state index is 0.676. The van der Waals surface area contributed by atoms with Gasteiger partial charge in [-0.15, -0.1) is 0 Å².